The van der Waals surface area contributed by atoms with Crippen LogP contribution >= 0.6 is 11.6 Å². The summed E-state index contributed by atoms with van der Waals surface area (Å²) >= 11 is 5.64. The lowest BCUT2D eigenvalue weighted by atomic mass is 10.1. The van der Waals surface area contributed by atoms with Crippen LogP contribution in [0.2, 0.25) is 0 Å². The molecule has 0 spiro atoms. The minimum atomic E-state index is -0.198. The molecule has 2 aromatic rings. The first-order valence-corrected chi connectivity index (χ1v) is 6.50. The summed E-state index contributed by atoms with van der Waals surface area (Å²) < 4.78 is 1.74. The largest absolute Gasteiger partial charge is 0.326 e. The number of hydrogen-bond acceptors (Lipinski definition) is 3. The Bertz CT molecular complexity index is 524. The van der Waals surface area contributed by atoms with Crippen molar-refractivity contribution in [2.24, 2.45) is 5.92 Å². The molecule has 1 heterocycles. The smallest absolute Gasteiger partial charge is 0.228 e. The number of nitrogens with one attached hydrogen (secondary N) is 1. The van der Waals surface area contributed by atoms with Crippen molar-refractivity contribution in [2.75, 3.05) is 11.2 Å². The van der Waals surface area contributed by atoms with Gasteiger partial charge in [-0.3, -0.25) is 4.79 Å². The Kier molecular flexibility index (Phi) is 4.52. The molecule has 0 radical (unpaired) electrons. The minimum absolute atomic E-state index is 0.0703. The highest BCUT2D eigenvalue weighted by molar-refractivity contribution is 6.19. The van der Waals surface area contributed by atoms with Gasteiger partial charge in [0.2, 0.25) is 5.91 Å². The molecule has 1 unspecified atom stereocenters. The van der Waals surface area contributed by atoms with Crippen molar-refractivity contribution in [3.05, 3.63) is 42.5 Å². The number of nitrogens with zero attached hydrogens (tertiary/aromatic N) is 3. The number of alkyl halides is 1. The van der Waals surface area contributed by atoms with Crippen LogP contribution in [0.25, 0.3) is 0 Å². The van der Waals surface area contributed by atoms with Gasteiger partial charge in [-0.15, -0.1) is 11.6 Å². The molecular weight excluding hydrogens is 264 g/mol. The standard InChI is InChI=1S/C13H15ClN4O/c1-10(6-14)13(19)17-12-4-2-11(3-5-12)7-18-9-15-8-16-18/h2-5,8-10H,6-7H2,1H3,(H,17,19). The lowest BCUT2D eigenvalue weighted by Gasteiger charge is -2.09. The molecule has 1 amide bonds. The Morgan fingerprint density at radius 3 is 2.74 bits per heavy atom. The van der Waals surface area contributed by atoms with E-state index in [-0.39, 0.29) is 11.8 Å². The molecule has 6 heteroatoms. The van der Waals surface area contributed by atoms with Gasteiger partial charge in [0.25, 0.3) is 0 Å². The fraction of sp³-hybridized carbons (Fsp3) is 0.308. The third kappa shape index (κ3) is 3.79. The maximum atomic E-state index is 11.7. The molecule has 0 fully saturated rings. The minimum Gasteiger partial charge on any atom is -0.326 e. The van der Waals surface area contributed by atoms with Gasteiger partial charge >= 0.3 is 0 Å². The van der Waals surface area contributed by atoms with E-state index in [4.69, 9.17) is 11.6 Å². The second-order valence-electron chi connectivity index (χ2n) is 4.33. The zero-order chi connectivity index (χ0) is 13.7. The van der Waals surface area contributed by atoms with Gasteiger partial charge in [-0.2, -0.15) is 5.10 Å². The van der Waals surface area contributed by atoms with Gasteiger partial charge in [-0.05, 0) is 17.7 Å². The number of carbonyl (C=O) groups excluding carboxylic acids is 1. The van der Waals surface area contributed by atoms with Crippen LogP contribution in [0.1, 0.15) is 12.5 Å². The highest BCUT2D eigenvalue weighted by atomic mass is 35.5. The van der Waals surface area contributed by atoms with E-state index >= 15 is 0 Å². The molecule has 1 N–H and O–H groups in total. The van der Waals surface area contributed by atoms with Crippen molar-refractivity contribution in [2.45, 2.75) is 13.5 Å². The van der Waals surface area contributed by atoms with Gasteiger partial charge < -0.3 is 5.32 Å². The number of halogens is 1. The summed E-state index contributed by atoms with van der Waals surface area (Å²) in [7, 11) is 0. The first-order valence-electron chi connectivity index (χ1n) is 5.97. The average Bonchev–Trinajstić information content (AvgIpc) is 2.93. The molecule has 0 aliphatic carbocycles. The summed E-state index contributed by atoms with van der Waals surface area (Å²) in [6.45, 7) is 2.45. The SMILES string of the molecule is CC(CCl)C(=O)Nc1ccc(Cn2cncn2)cc1. The maximum absolute atomic E-state index is 11.7. The van der Waals surface area contributed by atoms with Gasteiger partial charge in [0.1, 0.15) is 12.7 Å². The Morgan fingerprint density at radius 2 is 2.16 bits per heavy atom. The summed E-state index contributed by atoms with van der Waals surface area (Å²) in [6, 6.07) is 7.63. The van der Waals surface area contributed by atoms with Crippen molar-refractivity contribution >= 4 is 23.2 Å². The summed E-state index contributed by atoms with van der Waals surface area (Å²) in [6.07, 6.45) is 3.17. The molecule has 0 bridgehead atoms. The van der Waals surface area contributed by atoms with E-state index in [1.807, 2.05) is 24.3 Å². The molecule has 1 aromatic carbocycles. The van der Waals surface area contributed by atoms with Crippen molar-refractivity contribution in [1.29, 1.82) is 0 Å². The summed E-state index contributed by atoms with van der Waals surface area (Å²) in [5.74, 6) is 0.0477. The maximum Gasteiger partial charge on any atom is 0.228 e. The van der Waals surface area contributed by atoms with E-state index in [2.05, 4.69) is 15.4 Å². The zero-order valence-electron chi connectivity index (χ0n) is 10.6. The first kappa shape index (κ1) is 13.5. The predicted molar refractivity (Wildman–Crippen MR) is 74.1 cm³/mol. The van der Waals surface area contributed by atoms with Gasteiger partial charge in [0.15, 0.2) is 0 Å². The third-order valence-corrected chi connectivity index (χ3v) is 3.17. The molecule has 5 nitrogen and oxygen atoms in total. The molecule has 0 saturated heterocycles. The molecule has 19 heavy (non-hydrogen) atoms. The Hall–Kier alpha value is -1.88. The number of rotatable bonds is 5. The van der Waals surface area contributed by atoms with Crippen LogP contribution in [-0.4, -0.2) is 26.6 Å². The normalized spacial score (nSPS) is 12.1. The average molecular weight is 279 g/mol. The first-order chi connectivity index (χ1) is 9.19. The van der Waals surface area contributed by atoms with Crippen LogP contribution in [0, 0.1) is 5.92 Å². The van der Waals surface area contributed by atoms with Gasteiger partial charge in [0.05, 0.1) is 6.54 Å². The highest BCUT2D eigenvalue weighted by Gasteiger charge is 2.11. The van der Waals surface area contributed by atoms with Crippen LogP contribution in [0.5, 0.6) is 0 Å². The Balaban J connectivity index is 1.96. The Labute approximate surface area is 116 Å². The lowest BCUT2D eigenvalue weighted by Crippen LogP contribution is -2.21. The van der Waals surface area contributed by atoms with Crippen molar-refractivity contribution < 1.29 is 4.79 Å². The summed E-state index contributed by atoms with van der Waals surface area (Å²) in [5.41, 5.74) is 1.86. The topological polar surface area (TPSA) is 59.8 Å². The van der Waals surface area contributed by atoms with Crippen LogP contribution in [0.3, 0.4) is 0 Å². The van der Waals surface area contributed by atoms with E-state index in [1.165, 1.54) is 6.33 Å². The van der Waals surface area contributed by atoms with Gasteiger partial charge in [0, 0.05) is 17.5 Å². The van der Waals surface area contributed by atoms with Crippen molar-refractivity contribution in [1.82, 2.24) is 14.8 Å². The number of hydrogen-bond donors (Lipinski definition) is 1. The van der Waals surface area contributed by atoms with Crippen LogP contribution in [0.4, 0.5) is 5.69 Å². The number of anilines is 1. The number of aromatic nitrogens is 3. The molecule has 0 aliphatic heterocycles. The Morgan fingerprint density at radius 1 is 1.42 bits per heavy atom. The van der Waals surface area contributed by atoms with Crippen LogP contribution < -0.4 is 5.32 Å². The fourth-order valence-corrected chi connectivity index (χ4v) is 1.67. The second-order valence-corrected chi connectivity index (χ2v) is 4.64. The fourth-order valence-electron chi connectivity index (χ4n) is 1.53. The highest BCUT2D eigenvalue weighted by Crippen LogP contribution is 2.12. The van der Waals surface area contributed by atoms with E-state index in [9.17, 15) is 4.79 Å². The van der Waals surface area contributed by atoms with Crippen LogP contribution in [0.15, 0.2) is 36.9 Å². The quantitative estimate of drug-likeness (QED) is 0.853. The summed E-state index contributed by atoms with van der Waals surface area (Å²) in [5, 5.41) is 6.86. The van der Waals surface area contributed by atoms with E-state index in [0.717, 1.165) is 11.3 Å². The number of benzene rings is 1. The monoisotopic (exact) mass is 278 g/mol. The number of carbonyl (C=O) groups is 1. The zero-order valence-corrected chi connectivity index (χ0v) is 11.3. The molecule has 0 aliphatic rings. The number of amides is 1. The molecule has 1 aromatic heterocycles. The van der Waals surface area contributed by atoms with Gasteiger partial charge in [-0.25, -0.2) is 9.67 Å². The molecule has 0 saturated carbocycles. The van der Waals surface area contributed by atoms with E-state index < -0.39 is 0 Å². The van der Waals surface area contributed by atoms with Crippen LogP contribution in [-0.2, 0) is 11.3 Å². The molecule has 1 atom stereocenters. The van der Waals surface area contributed by atoms with Gasteiger partial charge in [-0.1, -0.05) is 19.1 Å². The van der Waals surface area contributed by atoms with E-state index in [1.54, 1.807) is 17.9 Å². The van der Waals surface area contributed by atoms with E-state index in [0.29, 0.717) is 12.4 Å². The van der Waals surface area contributed by atoms with Crippen molar-refractivity contribution in [3.8, 4) is 0 Å². The summed E-state index contributed by atoms with van der Waals surface area (Å²) in [4.78, 5) is 15.6. The second kappa shape index (κ2) is 6.33. The lowest BCUT2D eigenvalue weighted by molar-refractivity contribution is -0.118. The molecule has 100 valence electrons. The molecular formula is C13H15ClN4O. The molecule has 2 rings (SSSR count). The third-order valence-electron chi connectivity index (χ3n) is 2.71. The predicted octanol–water partition coefficient (Wildman–Crippen LogP) is 2.14. The van der Waals surface area contributed by atoms with Crippen molar-refractivity contribution in [3.63, 3.8) is 0 Å².